The summed E-state index contributed by atoms with van der Waals surface area (Å²) in [4.78, 5) is 23.3. The minimum absolute atomic E-state index is 0.00370. The van der Waals surface area contributed by atoms with Gasteiger partial charge < -0.3 is 18.9 Å². The van der Waals surface area contributed by atoms with Gasteiger partial charge in [-0.15, -0.1) is 0 Å². The highest BCUT2D eigenvalue weighted by Gasteiger charge is 2.24. The van der Waals surface area contributed by atoms with Crippen molar-refractivity contribution in [3.63, 3.8) is 0 Å². The van der Waals surface area contributed by atoms with Crippen LogP contribution in [0.15, 0.2) is 11.6 Å². The van der Waals surface area contributed by atoms with Gasteiger partial charge in [0.2, 0.25) is 0 Å². The Kier molecular flexibility index (Phi) is 9.74. The quantitative estimate of drug-likeness (QED) is 0.360. The first-order valence-electron chi connectivity index (χ1n) is 6.39. The van der Waals surface area contributed by atoms with Crippen molar-refractivity contribution >= 4 is 11.9 Å². The zero-order valence-corrected chi connectivity index (χ0v) is 11.9. The van der Waals surface area contributed by atoms with Gasteiger partial charge in [-0.2, -0.15) is 0 Å². The Morgan fingerprint density at radius 1 is 0.895 bits per heavy atom. The van der Waals surface area contributed by atoms with Gasteiger partial charge in [0.25, 0.3) is 0 Å². The monoisotopic (exact) mass is 274 g/mol. The van der Waals surface area contributed by atoms with E-state index in [0.29, 0.717) is 13.2 Å². The fraction of sp³-hybridized carbons (Fsp3) is 0.692. The summed E-state index contributed by atoms with van der Waals surface area (Å²) in [6.45, 7) is 7.98. The number of carbonyl (C=O) groups excluding carboxylic acids is 2. The molecule has 0 unspecified atom stereocenters. The highest BCUT2D eigenvalue weighted by atomic mass is 16.7. The average Bonchev–Trinajstić information content (AvgIpc) is 2.36. The second kappa shape index (κ2) is 10.5. The van der Waals surface area contributed by atoms with Gasteiger partial charge in [-0.1, -0.05) is 0 Å². The molecule has 0 amide bonds. The Morgan fingerprint density at radius 2 is 1.42 bits per heavy atom. The molecular weight excluding hydrogens is 252 g/mol. The first-order chi connectivity index (χ1) is 9.10. The Balaban J connectivity index is 5.09. The van der Waals surface area contributed by atoms with E-state index in [1.807, 2.05) is 0 Å². The molecule has 0 aliphatic heterocycles. The summed E-state index contributed by atoms with van der Waals surface area (Å²) in [6, 6.07) is 0. The highest BCUT2D eigenvalue weighted by Crippen LogP contribution is 2.12. The third-order valence-corrected chi connectivity index (χ3v) is 1.96. The van der Waals surface area contributed by atoms with Crippen LogP contribution in [0.2, 0.25) is 0 Å². The molecule has 0 heterocycles. The van der Waals surface area contributed by atoms with Crippen LogP contribution in [0.3, 0.4) is 0 Å². The van der Waals surface area contributed by atoms with Gasteiger partial charge in [0.05, 0.1) is 18.8 Å². The summed E-state index contributed by atoms with van der Waals surface area (Å²) < 4.78 is 20.2. The normalized spacial score (nSPS) is 11.5. The van der Waals surface area contributed by atoms with Gasteiger partial charge in [0.15, 0.2) is 6.29 Å². The van der Waals surface area contributed by atoms with Crippen LogP contribution in [-0.4, -0.2) is 44.7 Å². The summed E-state index contributed by atoms with van der Waals surface area (Å²) in [5.41, 5.74) is 0.00370. The lowest BCUT2D eigenvalue weighted by Gasteiger charge is -2.18. The van der Waals surface area contributed by atoms with Crippen molar-refractivity contribution < 1.29 is 28.5 Å². The molecule has 0 aromatic rings. The van der Waals surface area contributed by atoms with Crippen LogP contribution in [0.5, 0.6) is 0 Å². The predicted molar refractivity (Wildman–Crippen MR) is 68.4 cm³/mol. The molecule has 0 saturated carbocycles. The maximum absolute atomic E-state index is 11.8. The van der Waals surface area contributed by atoms with E-state index in [1.54, 1.807) is 27.7 Å². The number of esters is 2. The van der Waals surface area contributed by atoms with E-state index in [9.17, 15) is 9.59 Å². The topological polar surface area (TPSA) is 71.1 Å². The second-order valence-electron chi connectivity index (χ2n) is 3.31. The van der Waals surface area contributed by atoms with Gasteiger partial charge in [-0.05, 0) is 27.7 Å². The molecule has 0 fully saturated rings. The molecule has 0 N–H and O–H groups in total. The van der Waals surface area contributed by atoms with Crippen molar-refractivity contribution in [2.75, 3.05) is 26.4 Å². The maximum atomic E-state index is 11.8. The van der Waals surface area contributed by atoms with Gasteiger partial charge in [-0.25, -0.2) is 9.59 Å². The molecule has 0 atom stereocenters. The van der Waals surface area contributed by atoms with Gasteiger partial charge in [-0.3, -0.25) is 0 Å². The van der Waals surface area contributed by atoms with Crippen LogP contribution in [0, 0.1) is 0 Å². The molecule has 0 aliphatic carbocycles. The van der Waals surface area contributed by atoms with E-state index >= 15 is 0 Å². The van der Waals surface area contributed by atoms with E-state index in [2.05, 4.69) is 0 Å². The fourth-order valence-electron chi connectivity index (χ4n) is 1.28. The minimum atomic E-state index is -0.932. The van der Waals surface area contributed by atoms with Crippen LogP contribution >= 0.6 is 0 Å². The minimum Gasteiger partial charge on any atom is -0.463 e. The van der Waals surface area contributed by atoms with Gasteiger partial charge in [0, 0.05) is 19.3 Å². The zero-order valence-electron chi connectivity index (χ0n) is 11.9. The number of hydrogen-bond acceptors (Lipinski definition) is 6. The standard InChI is InChI=1S/C13H22O6/c1-5-16-11(14)9-10(12(15)17-6-2)13(18-7-3)19-8-4/h9,13H,5-8H2,1-4H3/b10-9+. The first-order valence-corrected chi connectivity index (χ1v) is 6.39. The lowest BCUT2D eigenvalue weighted by Crippen LogP contribution is -2.27. The molecule has 19 heavy (non-hydrogen) atoms. The van der Waals surface area contributed by atoms with Crippen LogP contribution in [-0.2, 0) is 28.5 Å². The molecule has 0 bridgehead atoms. The maximum Gasteiger partial charge on any atom is 0.339 e. The summed E-state index contributed by atoms with van der Waals surface area (Å²) in [7, 11) is 0. The van der Waals surface area contributed by atoms with Crippen LogP contribution < -0.4 is 0 Å². The lowest BCUT2D eigenvalue weighted by molar-refractivity contribution is -0.152. The Morgan fingerprint density at radius 3 is 1.84 bits per heavy atom. The molecule has 0 rings (SSSR count). The van der Waals surface area contributed by atoms with Crippen LogP contribution in [0.4, 0.5) is 0 Å². The molecule has 6 heteroatoms. The van der Waals surface area contributed by atoms with E-state index in [1.165, 1.54) is 0 Å². The average molecular weight is 274 g/mol. The predicted octanol–water partition coefficient (Wildman–Crippen LogP) is 1.44. The molecule has 0 radical (unpaired) electrons. The van der Waals surface area contributed by atoms with E-state index in [0.717, 1.165) is 6.08 Å². The number of ether oxygens (including phenoxy) is 4. The van der Waals surface area contributed by atoms with E-state index in [-0.39, 0.29) is 18.8 Å². The number of rotatable bonds is 9. The molecule has 0 aromatic carbocycles. The highest BCUT2D eigenvalue weighted by molar-refractivity contribution is 5.97. The smallest absolute Gasteiger partial charge is 0.339 e. The van der Waals surface area contributed by atoms with Crippen molar-refractivity contribution in [1.82, 2.24) is 0 Å². The summed E-state index contributed by atoms with van der Waals surface area (Å²) in [6.07, 6.45) is 0.121. The second-order valence-corrected chi connectivity index (χ2v) is 3.31. The Hall–Kier alpha value is -1.40. The zero-order chi connectivity index (χ0) is 14.7. The summed E-state index contributed by atoms with van der Waals surface area (Å²) in [5, 5.41) is 0. The molecule has 0 saturated heterocycles. The van der Waals surface area contributed by atoms with Crippen LogP contribution in [0.25, 0.3) is 0 Å². The third-order valence-electron chi connectivity index (χ3n) is 1.96. The fourth-order valence-corrected chi connectivity index (χ4v) is 1.28. The van der Waals surface area contributed by atoms with Crippen LogP contribution in [0.1, 0.15) is 27.7 Å². The molecular formula is C13H22O6. The van der Waals surface area contributed by atoms with Gasteiger partial charge >= 0.3 is 11.9 Å². The first kappa shape index (κ1) is 17.6. The van der Waals surface area contributed by atoms with E-state index in [4.69, 9.17) is 18.9 Å². The number of hydrogen-bond donors (Lipinski definition) is 0. The van der Waals surface area contributed by atoms with E-state index < -0.39 is 18.2 Å². The summed E-state index contributed by atoms with van der Waals surface area (Å²) in [5.74, 6) is -1.28. The van der Waals surface area contributed by atoms with Crippen molar-refractivity contribution in [2.45, 2.75) is 34.0 Å². The SMILES string of the molecule is CCOC(=O)/C=C(\C(=O)OCC)C(OCC)OCC. The molecule has 0 spiro atoms. The Labute approximate surface area is 113 Å². The largest absolute Gasteiger partial charge is 0.463 e. The lowest BCUT2D eigenvalue weighted by atomic mass is 10.2. The third kappa shape index (κ3) is 6.93. The van der Waals surface area contributed by atoms with Crippen molar-refractivity contribution in [3.05, 3.63) is 11.6 Å². The molecule has 110 valence electrons. The molecule has 6 nitrogen and oxygen atoms in total. The van der Waals surface area contributed by atoms with Crippen molar-refractivity contribution in [1.29, 1.82) is 0 Å². The van der Waals surface area contributed by atoms with Crippen molar-refractivity contribution in [3.8, 4) is 0 Å². The van der Waals surface area contributed by atoms with Crippen molar-refractivity contribution in [2.24, 2.45) is 0 Å². The van der Waals surface area contributed by atoms with Gasteiger partial charge in [0.1, 0.15) is 0 Å². The molecule has 0 aliphatic rings. The Bertz CT molecular complexity index is 304. The number of carbonyl (C=O) groups is 2. The molecule has 0 aromatic heterocycles. The summed E-state index contributed by atoms with van der Waals surface area (Å²) >= 11 is 0.